The maximum absolute atomic E-state index is 12.3. The molecule has 2 aromatic carbocycles. The Morgan fingerprint density at radius 3 is 2.38 bits per heavy atom. The number of rotatable bonds is 3. The minimum Gasteiger partial charge on any atom is -0.482 e. The topological polar surface area (TPSA) is 96.5 Å². The summed E-state index contributed by atoms with van der Waals surface area (Å²) in [7, 11) is 0. The summed E-state index contributed by atoms with van der Waals surface area (Å²) in [6.45, 7) is 1.40. The van der Waals surface area contributed by atoms with Crippen LogP contribution in [0.15, 0.2) is 42.5 Å². The standard InChI is InChI=1S/C17H15N3O4/c1-10(21)18-12-3-5-13(6-4-12)19-17(23)11-2-7-15-14(8-11)20-16(22)9-24-15/h2-8H,9H2,1H3,(H,18,21)(H,19,23)(H,20,22). The Bertz CT molecular complexity index is 815. The number of amides is 3. The van der Waals surface area contributed by atoms with Crippen molar-refractivity contribution in [2.24, 2.45) is 0 Å². The molecule has 0 fully saturated rings. The summed E-state index contributed by atoms with van der Waals surface area (Å²) < 4.78 is 5.26. The van der Waals surface area contributed by atoms with E-state index in [4.69, 9.17) is 4.74 Å². The van der Waals surface area contributed by atoms with E-state index in [0.29, 0.717) is 28.4 Å². The second kappa shape index (κ2) is 6.41. The van der Waals surface area contributed by atoms with Crippen molar-refractivity contribution in [3.05, 3.63) is 48.0 Å². The summed E-state index contributed by atoms with van der Waals surface area (Å²) in [5, 5.41) is 8.06. The number of hydrogen-bond acceptors (Lipinski definition) is 4. The molecule has 2 aromatic rings. The molecule has 0 radical (unpaired) electrons. The first-order valence-electron chi connectivity index (χ1n) is 7.27. The smallest absolute Gasteiger partial charge is 0.262 e. The van der Waals surface area contributed by atoms with Crippen molar-refractivity contribution < 1.29 is 19.1 Å². The van der Waals surface area contributed by atoms with Crippen LogP contribution in [0.3, 0.4) is 0 Å². The van der Waals surface area contributed by atoms with Crippen molar-refractivity contribution in [2.75, 3.05) is 22.6 Å². The van der Waals surface area contributed by atoms with Gasteiger partial charge in [0.1, 0.15) is 5.75 Å². The van der Waals surface area contributed by atoms with E-state index >= 15 is 0 Å². The van der Waals surface area contributed by atoms with E-state index in [1.54, 1.807) is 42.5 Å². The highest BCUT2D eigenvalue weighted by Crippen LogP contribution is 2.28. The van der Waals surface area contributed by atoms with E-state index in [0.717, 1.165) is 0 Å². The summed E-state index contributed by atoms with van der Waals surface area (Å²) in [5.74, 6) is -0.200. The molecule has 3 amide bonds. The molecule has 3 N–H and O–H groups in total. The van der Waals surface area contributed by atoms with Crippen molar-refractivity contribution in [3.8, 4) is 5.75 Å². The van der Waals surface area contributed by atoms with Crippen LogP contribution in [-0.4, -0.2) is 24.3 Å². The molecule has 0 aliphatic carbocycles. The molecule has 3 rings (SSSR count). The van der Waals surface area contributed by atoms with Gasteiger partial charge in [-0.2, -0.15) is 0 Å². The lowest BCUT2D eigenvalue weighted by molar-refractivity contribution is -0.118. The van der Waals surface area contributed by atoms with Gasteiger partial charge in [-0.15, -0.1) is 0 Å². The molecule has 24 heavy (non-hydrogen) atoms. The quantitative estimate of drug-likeness (QED) is 0.806. The van der Waals surface area contributed by atoms with Crippen LogP contribution in [0.4, 0.5) is 17.1 Å². The average Bonchev–Trinajstić information content (AvgIpc) is 2.55. The molecule has 0 unspecified atom stereocenters. The third kappa shape index (κ3) is 3.52. The van der Waals surface area contributed by atoms with Gasteiger partial charge in [-0.1, -0.05) is 0 Å². The van der Waals surface area contributed by atoms with Gasteiger partial charge in [-0.25, -0.2) is 0 Å². The minimum absolute atomic E-state index is 0.0286. The predicted molar refractivity (Wildman–Crippen MR) is 89.3 cm³/mol. The van der Waals surface area contributed by atoms with Crippen LogP contribution in [0.5, 0.6) is 5.75 Å². The predicted octanol–water partition coefficient (Wildman–Crippen LogP) is 2.23. The fourth-order valence-electron chi connectivity index (χ4n) is 2.27. The van der Waals surface area contributed by atoms with Gasteiger partial charge in [0, 0.05) is 23.9 Å². The number of fused-ring (bicyclic) bond motifs is 1. The molecule has 0 aromatic heterocycles. The third-order valence-electron chi connectivity index (χ3n) is 3.34. The normalized spacial score (nSPS) is 12.5. The summed E-state index contributed by atoms with van der Waals surface area (Å²) in [5.41, 5.74) is 2.10. The first-order valence-corrected chi connectivity index (χ1v) is 7.27. The Balaban J connectivity index is 1.72. The molecular weight excluding hydrogens is 310 g/mol. The minimum atomic E-state index is -0.315. The van der Waals surface area contributed by atoms with E-state index < -0.39 is 0 Å². The van der Waals surface area contributed by atoms with Crippen LogP contribution in [0.1, 0.15) is 17.3 Å². The number of hydrogen-bond donors (Lipinski definition) is 3. The fraction of sp³-hybridized carbons (Fsp3) is 0.118. The highest BCUT2D eigenvalue weighted by atomic mass is 16.5. The summed E-state index contributed by atoms with van der Waals surface area (Å²) in [4.78, 5) is 34.6. The summed E-state index contributed by atoms with van der Waals surface area (Å²) in [6, 6.07) is 11.6. The van der Waals surface area contributed by atoms with E-state index in [2.05, 4.69) is 16.0 Å². The Morgan fingerprint density at radius 2 is 1.71 bits per heavy atom. The maximum atomic E-state index is 12.3. The van der Waals surface area contributed by atoms with Gasteiger partial charge in [-0.05, 0) is 42.5 Å². The zero-order valence-electron chi connectivity index (χ0n) is 12.9. The molecule has 1 heterocycles. The molecule has 0 saturated carbocycles. The van der Waals surface area contributed by atoms with Crippen LogP contribution in [-0.2, 0) is 9.59 Å². The van der Waals surface area contributed by atoms with E-state index in [1.165, 1.54) is 6.92 Å². The highest BCUT2D eigenvalue weighted by molar-refractivity contribution is 6.06. The van der Waals surface area contributed by atoms with Gasteiger partial charge >= 0.3 is 0 Å². The van der Waals surface area contributed by atoms with Gasteiger partial charge in [-0.3, -0.25) is 14.4 Å². The van der Waals surface area contributed by atoms with Crippen LogP contribution >= 0.6 is 0 Å². The lowest BCUT2D eigenvalue weighted by Crippen LogP contribution is -2.25. The third-order valence-corrected chi connectivity index (χ3v) is 3.34. The number of benzene rings is 2. The molecule has 0 atom stereocenters. The van der Waals surface area contributed by atoms with E-state index in [-0.39, 0.29) is 24.3 Å². The number of ether oxygens (including phenoxy) is 1. The molecule has 1 aliphatic heterocycles. The van der Waals surface area contributed by atoms with Crippen LogP contribution < -0.4 is 20.7 Å². The van der Waals surface area contributed by atoms with Gasteiger partial charge in [0.2, 0.25) is 5.91 Å². The number of anilines is 3. The zero-order valence-corrected chi connectivity index (χ0v) is 12.9. The Kier molecular flexibility index (Phi) is 4.15. The first kappa shape index (κ1) is 15.5. The fourth-order valence-corrected chi connectivity index (χ4v) is 2.27. The van der Waals surface area contributed by atoms with Crippen LogP contribution in [0, 0.1) is 0 Å². The summed E-state index contributed by atoms with van der Waals surface area (Å²) >= 11 is 0. The number of carbonyl (C=O) groups is 3. The molecular formula is C17H15N3O4. The molecule has 0 spiro atoms. The Morgan fingerprint density at radius 1 is 1.04 bits per heavy atom. The molecule has 7 nitrogen and oxygen atoms in total. The molecule has 0 bridgehead atoms. The lowest BCUT2D eigenvalue weighted by atomic mass is 10.1. The van der Waals surface area contributed by atoms with Crippen molar-refractivity contribution in [1.82, 2.24) is 0 Å². The van der Waals surface area contributed by atoms with Crippen molar-refractivity contribution in [1.29, 1.82) is 0 Å². The largest absolute Gasteiger partial charge is 0.482 e. The maximum Gasteiger partial charge on any atom is 0.262 e. The zero-order chi connectivity index (χ0) is 17.1. The molecule has 0 saturated heterocycles. The number of nitrogens with one attached hydrogen (secondary N) is 3. The Hall–Kier alpha value is -3.35. The van der Waals surface area contributed by atoms with Gasteiger partial charge in [0.15, 0.2) is 6.61 Å². The number of carbonyl (C=O) groups excluding carboxylic acids is 3. The van der Waals surface area contributed by atoms with Gasteiger partial charge in [0.25, 0.3) is 11.8 Å². The Labute approximate surface area is 138 Å². The SMILES string of the molecule is CC(=O)Nc1ccc(NC(=O)c2ccc3c(c2)NC(=O)CO3)cc1. The van der Waals surface area contributed by atoms with Crippen molar-refractivity contribution in [2.45, 2.75) is 6.92 Å². The molecule has 7 heteroatoms. The van der Waals surface area contributed by atoms with Gasteiger partial charge < -0.3 is 20.7 Å². The van der Waals surface area contributed by atoms with Crippen LogP contribution in [0.25, 0.3) is 0 Å². The second-order valence-electron chi connectivity index (χ2n) is 5.26. The molecule has 1 aliphatic rings. The summed E-state index contributed by atoms with van der Waals surface area (Å²) in [6.07, 6.45) is 0. The van der Waals surface area contributed by atoms with E-state index in [9.17, 15) is 14.4 Å². The van der Waals surface area contributed by atoms with Crippen molar-refractivity contribution in [3.63, 3.8) is 0 Å². The van der Waals surface area contributed by atoms with Crippen LogP contribution in [0.2, 0.25) is 0 Å². The molecule has 122 valence electrons. The van der Waals surface area contributed by atoms with Crippen molar-refractivity contribution >= 4 is 34.8 Å². The second-order valence-corrected chi connectivity index (χ2v) is 5.26. The van der Waals surface area contributed by atoms with Gasteiger partial charge in [0.05, 0.1) is 5.69 Å². The average molecular weight is 325 g/mol. The first-order chi connectivity index (χ1) is 11.5. The highest BCUT2D eigenvalue weighted by Gasteiger charge is 2.17. The van der Waals surface area contributed by atoms with E-state index in [1.807, 2.05) is 0 Å². The monoisotopic (exact) mass is 325 g/mol. The lowest BCUT2D eigenvalue weighted by Gasteiger charge is -2.18.